The van der Waals surface area contributed by atoms with Crippen LogP contribution in [0.3, 0.4) is 0 Å². The summed E-state index contributed by atoms with van der Waals surface area (Å²) in [5.41, 5.74) is 2.44. The van der Waals surface area contributed by atoms with Crippen LogP contribution in [0.4, 0.5) is 5.69 Å². The quantitative estimate of drug-likeness (QED) is 0.200. The van der Waals surface area contributed by atoms with E-state index in [-0.39, 0.29) is 5.91 Å². The van der Waals surface area contributed by atoms with E-state index in [0.29, 0.717) is 12.3 Å². The van der Waals surface area contributed by atoms with Gasteiger partial charge in [-0.05, 0) is 83.6 Å². The summed E-state index contributed by atoms with van der Waals surface area (Å²) in [6.07, 6.45) is 34.9. The minimum absolute atomic E-state index is 0.235. The first-order chi connectivity index (χ1) is 18.1. The van der Waals surface area contributed by atoms with Gasteiger partial charge in [0.1, 0.15) is 0 Å². The monoisotopic (exact) mass is 500 g/mol. The molecule has 0 spiro atoms. The second-order valence-electron chi connectivity index (χ2n) is 9.81. The molecule has 0 saturated carbocycles. The minimum atomic E-state index is 0.235. The summed E-state index contributed by atoms with van der Waals surface area (Å²) in [5.74, 6) is 0.674. The van der Waals surface area contributed by atoms with Crippen LogP contribution in [0, 0.1) is 0 Å². The maximum Gasteiger partial charge on any atom is 0.227 e. The third-order valence-electron chi connectivity index (χ3n) is 6.42. The molecule has 200 valence electrons. The van der Waals surface area contributed by atoms with E-state index in [1.807, 2.05) is 11.0 Å². The summed E-state index contributed by atoms with van der Waals surface area (Å²) < 4.78 is 0. The van der Waals surface area contributed by atoms with Crippen LogP contribution in [-0.2, 0) is 4.79 Å². The van der Waals surface area contributed by atoms with E-state index in [0.717, 1.165) is 70.1 Å². The average Bonchev–Trinajstić information content (AvgIpc) is 3.27. The van der Waals surface area contributed by atoms with Crippen LogP contribution in [0.2, 0.25) is 0 Å². The molecule has 1 aliphatic rings. The van der Waals surface area contributed by atoms with Crippen LogP contribution in [-0.4, -0.2) is 38.0 Å². The summed E-state index contributed by atoms with van der Waals surface area (Å²) in [7, 11) is 4.21. The predicted molar refractivity (Wildman–Crippen MR) is 162 cm³/mol. The first-order valence-corrected chi connectivity index (χ1v) is 14.1. The molecule has 0 saturated heterocycles. The SMILES string of the molecule is CC/C=C\C/C=C\C/C=C\C/C=C\C/C=C\C/C=C\CCC(=O)N1CC(CCN(C)C)c2ccccc21. The van der Waals surface area contributed by atoms with Crippen molar-refractivity contribution in [1.82, 2.24) is 4.90 Å². The molecule has 0 bridgehead atoms. The topological polar surface area (TPSA) is 23.6 Å². The van der Waals surface area contributed by atoms with Gasteiger partial charge in [0.25, 0.3) is 0 Å². The molecule has 0 aliphatic carbocycles. The number of allylic oxidation sites excluding steroid dienone is 12. The van der Waals surface area contributed by atoms with Crippen molar-refractivity contribution in [3.8, 4) is 0 Å². The van der Waals surface area contributed by atoms with Crippen LogP contribution in [0.5, 0.6) is 0 Å². The number of carbonyl (C=O) groups excluding carboxylic acids is 1. The standard InChI is InChI=1S/C34H48N2O/c1-4-5-6-7-8-9-10-11-12-13-14-15-16-17-18-19-20-21-22-27-34(37)36-30-31(28-29-35(2)3)32-25-23-24-26-33(32)36/h5-6,8-9,11-12,14-15,17-18,20-21,23-26,31H,4,7,10,13,16,19,22,27-30H2,1-3H3/b6-5-,9-8-,12-11-,15-14-,18-17-,21-20-. The van der Waals surface area contributed by atoms with Crippen molar-refractivity contribution in [1.29, 1.82) is 0 Å². The predicted octanol–water partition coefficient (Wildman–Crippen LogP) is 8.55. The van der Waals surface area contributed by atoms with E-state index in [2.05, 4.69) is 117 Å². The Morgan fingerprint density at radius 2 is 1.32 bits per heavy atom. The number of hydrogen-bond donors (Lipinski definition) is 0. The number of carbonyl (C=O) groups is 1. The number of benzene rings is 1. The first kappa shape index (κ1) is 30.3. The van der Waals surface area contributed by atoms with Crippen molar-refractivity contribution in [2.45, 2.75) is 70.6 Å². The molecule has 0 N–H and O–H groups in total. The van der Waals surface area contributed by atoms with Crippen LogP contribution >= 0.6 is 0 Å². The normalized spacial score (nSPS) is 16.3. The van der Waals surface area contributed by atoms with Gasteiger partial charge in [-0.1, -0.05) is 98.0 Å². The second-order valence-corrected chi connectivity index (χ2v) is 9.81. The van der Waals surface area contributed by atoms with Gasteiger partial charge < -0.3 is 9.80 Å². The fourth-order valence-electron chi connectivity index (χ4n) is 4.37. The highest BCUT2D eigenvalue weighted by Crippen LogP contribution is 2.38. The summed E-state index contributed by atoms with van der Waals surface area (Å²) in [6.45, 7) is 4.02. The van der Waals surface area contributed by atoms with Crippen molar-refractivity contribution in [2.75, 3.05) is 32.1 Å². The molecule has 1 aromatic carbocycles. The highest BCUT2D eigenvalue weighted by atomic mass is 16.2. The molecule has 3 nitrogen and oxygen atoms in total. The van der Waals surface area contributed by atoms with Gasteiger partial charge in [0.2, 0.25) is 5.91 Å². The molecule has 0 aromatic heterocycles. The van der Waals surface area contributed by atoms with Gasteiger partial charge in [-0.25, -0.2) is 0 Å². The zero-order valence-electron chi connectivity index (χ0n) is 23.4. The van der Waals surface area contributed by atoms with Crippen molar-refractivity contribution in [2.24, 2.45) is 0 Å². The van der Waals surface area contributed by atoms with Gasteiger partial charge in [0, 0.05) is 24.6 Å². The van der Waals surface area contributed by atoms with Gasteiger partial charge >= 0.3 is 0 Å². The molecule has 3 heteroatoms. The smallest absolute Gasteiger partial charge is 0.227 e. The van der Waals surface area contributed by atoms with Crippen LogP contribution in [0.25, 0.3) is 0 Å². The summed E-state index contributed by atoms with van der Waals surface area (Å²) >= 11 is 0. The Balaban J connectivity index is 1.58. The van der Waals surface area contributed by atoms with Crippen molar-refractivity contribution in [3.63, 3.8) is 0 Å². The van der Waals surface area contributed by atoms with E-state index in [1.165, 1.54) is 5.56 Å². The van der Waals surface area contributed by atoms with Crippen LogP contribution in [0.1, 0.15) is 76.2 Å². The number of nitrogens with zero attached hydrogens (tertiary/aromatic N) is 2. The van der Waals surface area contributed by atoms with Gasteiger partial charge in [-0.3, -0.25) is 4.79 Å². The zero-order valence-corrected chi connectivity index (χ0v) is 23.4. The van der Waals surface area contributed by atoms with Gasteiger partial charge in [0.15, 0.2) is 0 Å². The molecule has 2 rings (SSSR count). The lowest BCUT2D eigenvalue weighted by Gasteiger charge is -2.18. The highest BCUT2D eigenvalue weighted by molar-refractivity contribution is 5.95. The maximum absolute atomic E-state index is 12.9. The number of hydrogen-bond acceptors (Lipinski definition) is 2. The Labute approximate surface area is 226 Å². The Hall–Kier alpha value is -2.91. The molecule has 0 radical (unpaired) electrons. The molecule has 37 heavy (non-hydrogen) atoms. The molecule has 1 aliphatic heterocycles. The molecular weight excluding hydrogens is 452 g/mol. The Morgan fingerprint density at radius 1 is 0.811 bits per heavy atom. The van der Waals surface area contributed by atoms with E-state index in [1.54, 1.807) is 0 Å². The highest BCUT2D eigenvalue weighted by Gasteiger charge is 2.31. The number of fused-ring (bicyclic) bond motifs is 1. The summed E-state index contributed by atoms with van der Waals surface area (Å²) in [4.78, 5) is 17.1. The third-order valence-corrected chi connectivity index (χ3v) is 6.42. The summed E-state index contributed by atoms with van der Waals surface area (Å²) in [5, 5.41) is 0. The van der Waals surface area contributed by atoms with Gasteiger partial charge in [-0.2, -0.15) is 0 Å². The Morgan fingerprint density at radius 3 is 1.86 bits per heavy atom. The molecule has 1 amide bonds. The summed E-state index contributed by atoms with van der Waals surface area (Å²) in [6, 6.07) is 8.42. The Bertz CT molecular complexity index is 948. The molecule has 1 aromatic rings. The molecular formula is C34H48N2O. The van der Waals surface area contributed by atoms with Crippen LogP contribution in [0.15, 0.2) is 97.2 Å². The fourth-order valence-corrected chi connectivity index (χ4v) is 4.37. The average molecular weight is 501 g/mol. The lowest BCUT2D eigenvalue weighted by molar-refractivity contribution is -0.118. The second kappa shape index (κ2) is 19.2. The van der Waals surface area contributed by atoms with E-state index < -0.39 is 0 Å². The molecule has 0 fully saturated rings. The van der Waals surface area contributed by atoms with Gasteiger partial charge in [-0.15, -0.1) is 0 Å². The van der Waals surface area contributed by atoms with Crippen molar-refractivity contribution >= 4 is 11.6 Å². The van der Waals surface area contributed by atoms with Crippen molar-refractivity contribution < 1.29 is 4.79 Å². The number of para-hydroxylation sites is 1. The zero-order chi connectivity index (χ0) is 26.6. The van der Waals surface area contributed by atoms with E-state index in [4.69, 9.17) is 0 Å². The first-order valence-electron chi connectivity index (χ1n) is 14.1. The number of amides is 1. The van der Waals surface area contributed by atoms with Crippen LogP contribution < -0.4 is 4.90 Å². The van der Waals surface area contributed by atoms with E-state index >= 15 is 0 Å². The lowest BCUT2D eigenvalue weighted by Crippen LogP contribution is -2.30. The maximum atomic E-state index is 12.9. The van der Waals surface area contributed by atoms with Gasteiger partial charge in [0.05, 0.1) is 0 Å². The van der Waals surface area contributed by atoms with Crippen molar-refractivity contribution in [3.05, 3.63) is 103 Å². The lowest BCUT2D eigenvalue weighted by atomic mass is 9.98. The Kier molecular flexibility index (Phi) is 15.8. The number of rotatable bonds is 17. The molecule has 1 heterocycles. The number of anilines is 1. The van der Waals surface area contributed by atoms with E-state index in [9.17, 15) is 4.79 Å². The largest absolute Gasteiger partial charge is 0.312 e. The molecule has 1 atom stereocenters. The third kappa shape index (κ3) is 12.7. The molecule has 1 unspecified atom stereocenters. The minimum Gasteiger partial charge on any atom is -0.312 e. The fraction of sp³-hybridized carbons (Fsp3) is 0.441.